The largest absolute Gasteiger partial charge is 0.493 e. The zero-order chi connectivity index (χ0) is 13.7. The Morgan fingerprint density at radius 2 is 2.42 bits per heavy atom. The number of hydrogen-bond acceptors (Lipinski definition) is 4. The number of ether oxygens (including phenoxy) is 2. The normalized spacial score (nSPS) is 21.3. The van der Waals surface area contributed by atoms with Crippen molar-refractivity contribution in [2.45, 2.75) is 44.8 Å². The molecule has 1 aliphatic rings. The van der Waals surface area contributed by atoms with E-state index in [1.54, 1.807) is 13.3 Å². The van der Waals surface area contributed by atoms with Crippen LogP contribution in [0.3, 0.4) is 0 Å². The Balaban J connectivity index is 2.11. The Hall–Kier alpha value is -1.07. The molecule has 0 aliphatic carbocycles. The minimum atomic E-state index is 0.232. The highest BCUT2D eigenvalue weighted by Crippen LogP contribution is 2.30. The first-order valence-electron chi connectivity index (χ1n) is 7.17. The quantitative estimate of drug-likeness (QED) is 0.857. The maximum absolute atomic E-state index is 5.86. The smallest absolute Gasteiger partial charge is 0.161 e. The second-order valence-corrected chi connectivity index (χ2v) is 5.06. The average Bonchev–Trinajstić information content (AvgIpc) is 2.80. The van der Waals surface area contributed by atoms with Crippen LogP contribution in [0, 0.1) is 0 Å². The minimum absolute atomic E-state index is 0.232. The molecule has 0 spiro atoms. The molecule has 5 nitrogen and oxygen atoms in total. The Labute approximate surface area is 115 Å². The summed E-state index contributed by atoms with van der Waals surface area (Å²) in [4.78, 5) is 0. The maximum atomic E-state index is 5.86. The molecule has 0 aromatic carbocycles. The van der Waals surface area contributed by atoms with Gasteiger partial charge in [-0.3, -0.25) is 4.68 Å². The molecule has 5 heteroatoms. The highest BCUT2D eigenvalue weighted by molar-refractivity contribution is 5.28. The van der Waals surface area contributed by atoms with Gasteiger partial charge in [0.1, 0.15) is 0 Å². The fourth-order valence-electron chi connectivity index (χ4n) is 2.78. The van der Waals surface area contributed by atoms with Crippen LogP contribution in [0.25, 0.3) is 0 Å². The molecule has 0 bridgehead atoms. The van der Waals surface area contributed by atoms with E-state index in [1.807, 2.05) is 11.7 Å². The predicted molar refractivity (Wildman–Crippen MR) is 74.4 cm³/mol. The summed E-state index contributed by atoms with van der Waals surface area (Å²) < 4.78 is 13.2. The van der Waals surface area contributed by atoms with Crippen LogP contribution in [0.1, 0.15) is 44.3 Å². The summed E-state index contributed by atoms with van der Waals surface area (Å²) in [5.74, 6) is 0.851. The minimum Gasteiger partial charge on any atom is -0.493 e. The molecular weight excluding hydrogens is 242 g/mol. The van der Waals surface area contributed by atoms with Gasteiger partial charge in [0.05, 0.1) is 31.1 Å². The zero-order valence-corrected chi connectivity index (χ0v) is 12.2. The number of aromatic nitrogens is 2. The van der Waals surface area contributed by atoms with Gasteiger partial charge < -0.3 is 14.8 Å². The van der Waals surface area contributed by atoms with Crippen LogP contribution in [0.15, 0.2) is 6.20 Å². The van der Waals surface area contributed by atoms with Crippen molar-refractivity contribution in [2.75, 3.05) is 20.3 Å². The van der Waals surface area contributed by atoms with Crippen LogP contribution >= 0.6 is 0 Å². The van der Waals surface area contributed by atoms with E-state index in [0.717, 1.165) is 37.4 Å². The van der Waals surface area contributed by atoms with Gasteiger partial charge in [0, 0.05) is 13.7 Å². The van der Waals surface area contributed by atoms with Crippen LogP contribution in [-0.2, 0) is 11.8 Å². The molecule has 0 saturated carbocycles. The van der Waals surface area contributed by atoms with E-state index < -0.39 is 0 Å². The van der Waals surface area contributed by atoms with Crippen molar-refractivity contribution in [2.24, 2.45) is 7.05 Å². The van der Waals surface area contributed by atoms with E-state index in [0.29, 0.717) is 6.10 Å². The SMILES string of the molecule is CCNC(CC1CCCCO1)c1c(OC)cnn1C. The van der Waals surface area contributed by atoms with Crippen molar-refractivity contribution in [1.29, 1.82) is 0 Å². The van der Waals surface area contributed by atoms with Gasteiger partial charge >= 0.3 is 0 Å². The maximum Gasteiger partial charge on any atom is 0.161 e. The molecule has 1 aromatic heterocycles. The highest BCUT2D eigenvalue weighted by Gasteiger charge is 2.25. The summed E-state index contributed by atoms with van der Waals surface area (Å²) in [5, 5.41) is 7.82. The van der Waals surface area contributed by atoms with Gasteiger partial charge in [-0.2, -0.15) is 5.10 Å². The van der Waals surface area contributed by atoms with Crippen LogP contribution in [0.2, 0.25) is 0 Å². The number of nitrogens with one attached hydrogen (secondary N) is 1. The first-order valence-corrected chi connectivity index (χ1v) is 7.17. The number of rotatable bonds is 6. The summed E-state index contributed by atoms with van der Waals surface area (Å²) in [7, 11) is 3.66. The highest BCUT2D eigenvalue weighted by atomic mass is 16.5. The van der Waals surface area contributed by atoms with E-state index in [-0.39, 0.29) is 6.04 Å². The predicted octanol–water partition coefficient (Wildman–Crippen LogP) is 2.04. The van der Waals surface area contributed by atoms with E-state index >= 15 is 0 Å². The molecule has 2 unspecified atom stereocenters. The van der Waals surface area contributed by atoms with Crippen LogP contribution in [-0.4, -0.2) is 36.1 Å². The molecule has 0 radical (unpaired) electrons. The first-order chi connectivity index (χ1) is 9.26. The lowest BCUT2D eigenvalue weighted by Gasteiger charge is -2.28. The van der Waals surface area contributed by atoms with Crippen LogP contribution < -0.4 is 10.1 Å². The fraction of sp³-hybridized carbons (Fsp3) is 0.786. The average molecular weight is 267 g/mol. The van der Waals surface area contributed by atoms with E-state index in [1.165, 1.54) is 12.8 Å². The number of nitrogens with zero attached hydrogens (tertiary/aromatic N) is 2. The molecule has 2 rings (SSSR count). The number of aryl methyl sites for hydroxylation is 1. The molecule has 2 heterocycles. The number of methoxy groups -OCH3 is 1. The van der Waals surface area contributed by atoms with Gasteiger partial charge in [-0.25, -0.2) is 0 Å². The van der Waals surface area contributed by atoms with Gasteiger partial charge in [0.25, 0.3) is 0 Å². The summed E-state index contributed by atoms with van der Waals surface area (Å²) in [5.41, 5.74) is 1.11. The van der Waals surface area contributed by atoms with Gasteiger partial charge in [0.2, 0.25) is 0 Å². The lowest BCUT2D eigenvalue weighted by molar-refractivity contribution is 0.00455. The second-order valence-electron chi connectivity index (χ2n) is 5.06. The molecule has 1 aromatic rings. The lowest BCUT2D eigenvalue weighted by Crippen LogP contribution is -2.30. The third-order valence-electron chi connectivity index (χ3n) is 3.72. The Bertz CT molecular complexity index is 386. The monoisotopic (exact) mass is 267 g/mol. The van der Waals surface area contributed by atoms with Crippen molar-refractivity contribution in [3.05, 3.63) is 11.9 Å². The first kappa shape index (κ1) is 14.3. The van der Waals surface area contributed by atoms with Gasteiger partial charge in [0.15, 0.2) is 5.75 Å². The van der Waals surface area contributed by atoms with E-state index in [2.05, 4.69) is 17.3 Å². The molecule has 1 aliphatic heterocycles. The Morgan fingerprint density at radius 1 is 1.58 bits per heavy atom. The second kappa shape index (κ2) is 6.91. The van der Waals surface area contributed by atoms with E-state index in [4.69, 9.17) is 9.47 Å². The molecule has 1 N–H and O–H groups in total. The van der Waals surface area contributed by atoms with Crippen molar-refractivity contribution < 1.29 is 9.47 Å². The van der Waals surface area contributed by atoms with Gasteiger partial charge in [-0.15, -0.1) is 0 Å². The standard InChI is InChI=1S/C14H25N3O2/c1-4-15-12(9-11-7-5-6-8-19-11)14-13(18-3)10-16-17(14)2/h10-12,15H,4-9H2,1-3H3. The third kappa shape index (κ3) is 3.48. The van der Waals surface area contributed by atoms with E-state index in [9.17, 15) is 0 Å². The van der Waals surface area contributed by atoms with Crippen LogP contribution in [0.4, 0.5) is 0 Å². The molecular formula is C14H25N3O2. The zero-order valence-electron chi connectivity index (χ0n) is 12.2. The molecule has 1 fully saturated rings. The van der Waals surface area contributed by atoms with Crippen molar-refractivity contribution in [3.63, 3.8) is 0 Å². The summed E-state index contributed by atoms with van der Waals surface area (Å²) in [6, 6.07) is 0.232. The lowest BCUT2D eigenvalue weighted by atomic mass is 9.99. The fourth-order valence-corrected chi connectivity index (χ4v) is 2.78. The summed E-state index contributed by atoms with van der Waals surface area (Å²) >= 11 is 0. The topological polar surface area (TPSA) is 48.3 Å². The summed E-state index contributed by atoms with van der Waals surface area (Å²) in [6.45, 7) is 3.94. The third-order valence-corrected chi connectivity index (χ3v) is 3.72. The Morgan fingerprint density at radius 3 is 3.05 bits per heavy atom. The molecule has 2 atom stereocenters. The molecule has 1 saturated heterocycles. The molecule has 19 heavy (non-hydrogen) atoms. The van der Waals surface area contributed by atoms with Gasteiger partial charge in [-0.1, -0.05) is 6.92 Å². The Kier molecular flexibility index (Phi) is 5.22. The van der Waals surface area contributed by atoms with Crippen molar-refractivity contribution in [3.8, 4) is 5.75 Å². The molecule has 108 valence electrons. The number of hydrogen-bond donors (Lipinski definition) is 1. The van der Waals surface area contributed by atoms with Crippen molar-refractivity contribution >= 4 is 0 Å². The van der Waals surface area contributed by atoms with Crippen molar-refractivity contribution in [1.82, 2.24) is 15.1 Å². The van der Waals surface area contributed by atoms with Gasteiger partial charge in [-0.05, 0) is 32.2 Å². The summed E-state index contributed by atoms with van der Waals surface area (Å²) in [6.07, 6.45) is 6.72. The molecule has 0 amide bonds. The van der Waals surface area contributed by atoms with Crippen LogP contribution in [0.5, 0.6) is 5.75 Å².